The summed E-state index contributed by atoms with van der Waals surface area (Å²) in [4.78, 5) is 51.7. The zero-order chi connectivity index (χ0) is 24.4. The molecule has 0 aliphatic heterocycles. The second kappa shape index (κ2) is 8.00. The Morgan fingerprint density at radius 1 is 1.30 bits per heavy atom. The molecular weight excluding hydrogens is 514 g/mol. The van der Waals surface area contributed by atoms with E-state index in [0.717, 1.165) is 0 Å². The molecule has 33 heavy (non-hydrogen) atoms. The fourth-order valence-corrected chi connectivity index (χ4v) is 8.92. The van der Waals surface area contributed by atoms with E-state index in [1.54, 1.807) is 20.8 Å². The summed E-state index contributed by atoms with van der Waals surface area (Å²) in [6.07, 6.45) is 5.27. The van der Waals surface area contributed by atoms with Gasteiger partial charge in [-0.05, 0) is 0 Å². The van der Waals surface area contributed by atoms with Crippen molar-refractivity contribution in [1.29, 1.82) is 0 Å². The quantitative estimate of drug-likeness (QED) is 0.229. The summed E-state index contributed by atoms with van der Waals surface area (Å²) >= 11 is 5.22. The number of halogens is 2. The molecule has 5 nitrogen and oxygen atoms in total. The number of allylic oxidation sites excluding steroid dienone is 4. The van der Waals surface area contributed by atoms with Crippen LogP contribution in [0, 0.1) is 22.7 Å². The van der Waals surface area contributed by atoms with Gasteiger partial charge < -0.3 is 0 Å². The van der Waals surface area contributed by atoms with Crippen LogP contribution in [0.5, 0.6) is 0 Å². The van der Waals surface area contributed by atoms with Crippen LogP contribution in [0.15, 0.2) is 36.0 Å². The molecule has 0 unspecified atom stereocenters. The van der Waals surface area contributed by atoms with E-state index in [1.807, 2.05) is 0 Å². The van der Waals surface area contributed by atoms with Crippen LogP contribution in [0.1, 0.15) is 52.9 Å². The SMILES string of the molecule is C=C1C[C@H]2[C@@H]3CCC4=CC(=O)C=C[C@]4(C)[C@@]3(F)C(=O)C[C@]2(C)[C@@]1(OC(=O)CC)C(=O)[Se]CCl. The Hall–Kier alpha value is -1.56. The molecule has 0 heterocycles. The van der Waals surface area contributed by atoms with Gasteiger partial charge in [0.15, 0.2) is 0 Å². The van der Waals surface area contributed by atoms with Crippen molar-refractivity contribution in [3.05, 3.63) is 36.0 Å². The summed E-state index contributed by atoms with van der Waals surface area (Å²) in [5, 5.41) is 0. The molecule has 4 aliphatic rings. The number of rotatable bonds is 5. The van der Waals surface area contributed by atoms with Gasteiger partial charge in [-0.3, -0.25) is 0 Å². The molecule has 6 atom stereocenters. The van der Waals surface area contributed by atoms with Gasteiger partial charge in [0.1, 0.15) is 0 Å². The Bertz CT molecular complexity index is 1040. The van der Waals surface area contributed by atoms with Gasteiger partial charge in [0.25, 0.3) is 0 Å². The Morgan fingerprint density at radius 3 is 2.64 bits per heavy atom. The number of Topliss-reactive ketones (excluding diaryl/α,β-unsaturated/α-hetero) is 1. The zero-order valence-electron chi connectivity index (χ0n) is 19.0. The first-order chi connectivity index (χ1) is 15.4. The first kappa shape index (κ1) is 24.6. The number of fused-ring (bicyclic) bond motifs is 5. The molecule has 0 aromatic heterocycles. The maximum absolute atomic E-state index is 17.1. The molecule has 0 amide bonds. The third-order valence-corrected chi connectivity index (χ3v) is 10.5. The standard InChI is InChI=1S/C25H28ClFO5Se/c1-5-20(30)32-25(21(31)33-13-26)14(2)10-18-17-7-6-15-11-16(28)8-9-22(15,3)24(17,27)19(29)12-23(18,25)4/h8-9,11,17-18H,2,5-7,10,12-13H2,1,3-4H3/t17-,18-,22-,23-,24-,25-/m0/s1. The van der Waals surface area contributed by atoms with Crippen LogP contribution in [0.4, 0.5) is 4.39 Å². The Morgan fingerprint density at radius 2 is 2.00 bits per heavy atom. The first-order valence-corrected chi connectivity index (χ1v) is 13.8. The fourth-order valence-electron chi connectivity index (χ4n) is 6.89. The third kappa shape index (κ3) is 3.01. The van der Waals surface area contributed by atoms with E-state index >= 15 is 4.39 Å². The molecule has 3 fully saturated rings. The molecule has 0 spiro atoms. The van der Waals surface area contributed by atoms with E-state index < -0.39 is 60.6 Å². The Labute approximate surface area is 204 Å². The second-order valence-corrected chi connectivity index (χ2v) is 12.9. The Kier molecular flexibility index (Phi) is 5.95. The summed E-state index contributed by atoms with van der Waals surface area (Å²) in [6.45, 7) is 9.22. The van der Waals surface area contributed by atoms with Gasteiger partial charge in [0, 0.05) is 0 Å². The van der Waals surface area contributed by atoms with Crippen molar-refractivity contribution in [2.75, 3.05) is 4.78 Å². The van der Waals surface area contributed by atoms with Crippen molar-refractivity contribution in [1.82, 2.24) is 0 Å². The van der Waals surface area contributed by atoms with Crippen molar-refractivity contribution in [3.63, 3.8) is 0 Å². The number of alkyl halides is 2. The van der Waals surface area contributed by atoms with Crippen molar-refractivity contribution >= 4 is 48.8 Å². The van der Waals surface area contributed by atoms with Crippen LogP contribution in [0.2, 0.25) is 0 Å². The molecule has 0 radical (unpaired) electrons. The van der Waals surface area contributed by atoms with Gasteiger partial charge in [0.05, 0.1) is 0 Å². The number of hydrogen-bond donors (Lipinski definition) is 0. The van der Waals surface area contributed by atoms with Gasteiger partial charge in [-0.25, -0.2) is 0 Å². The molecule has 178 valence electrons. The van der Waals surface area contributed by atoms with Crippen molar-refractivity contribution < 1.29 is 28.3 Å². The third-order valence-electron chi connectivity index (χ3n) is 8.59. The minimum absolute atomic E-state index is 0.0619. The van der Waals surface area contributed by atoms with E-state index in [0.29, 0.717) is 30.4 Å². The molecule has 0 bridgehead atoms. The van der Waals surface area contributed by atoms with E-state index in [4.69, 9.17) is 16.3 Å². The topological polar surface area (TPSA) is 77.5 Å². The predicted molar refractivity (Wildman–Crippen MR) is 122 cm³/mol. The van der Waals surface area contributed by atoms with Crippen molar-refractivity contribution in [2.24, 2.45) is 22.7 Å². The first-order valence-electron chi connectivity index (χ1n) is 11.2. The molecular formula is C25H28ClFO5Se. The molecule has 8 heteroatoms. The van der Waals surface area contributed by atoms with E-state index in [9.17, 15) is 19.2 Å². The Balaban J connectivity index is 1.86. The van der Waals surface area contributed by atoms with E-state index in [1.165, 1.54) is 18.2 Å². The summed E-state index contributed by atoms with van der Waals surface area (Å²) in [7, 11) is 0. The van der Waals surface area contributed by atoms with Gasteiger partial charge in [0.2, 0.25) is 0 Å². The average molecular weight is 542 g/mol. The van der Waals surface area contributed by atoms with Crippen LogP contribution in [-0.4, -0.2) is 53.2 Å². The summed E-state index contributed by atoms with van der Waals surface area (Å²) in [6, 6.07) is 0. The summed E-state index contributed by atoms with van der Waals surface area (Å²) < 4.78 is 22.8. The second-order valence-electron chi connectivity index (χ2n) is 9.95. The van der Waals surface area contributed by atoms with Gasteiger partial charge >= 0.3 is 205 Å². The number of ether oxygens (including phenoxy) is 1. The predicted octanol–water partition coefficient (Wildman–Crippen LogP) is 3.85. The number of hydrogen-bond acceptors (Lipinski definition) is 5. The van der Waals surface area contributed by atoms with Crippen LogP contribution >= 0.6 is 11.6 Å². The molecule has 0 aromatic carbocycles. The van der Waals surface area contributed by atoms with Gasteiger partial charge in [-0.2, -0.15) is 0 Å². The normalized spacial score (nSPS) is 41.7. The monoisotopic (exact) mass is 542 g/mol. The number of ketones is 2. The molecule has 0 saturated heterocycles. The molecule has 0 aromatic rings. The van der Waals surface area contributed by atoms with Crippen LogP contribution in [-0.2, 0) is 23.9 Å². The number of carbonyl (C=O) groups excluding carboxylic acids is 4. The van der Waals surface area contributed by atoms with E-state index in [-0.39, 0.29) is 28.1 Å². The molecule has 4 aliphatic carbocycles. The van der Waals surface area contributed by atoms with E-state index in [2.05, 4.69) is 6.58 Å². The van der Waals surface area contributed by atoms with Crippen LogP contribution in [0.3, 0.4) is 0 Å². The zero-order valence-corrected chi connectivity index (χ0v) is 21.5. The summed E-state index contributed by atoms with van der Waals surface area (Å²) in [5.41, 5.74) is -5.17. The van der Waals surface area contributed by atoms with Crippen molar-refractivity contribution in [2.45, 2.75) is 64.1 Å². The minimum atomic E-state index is -2.22. The molecule has 3 saturated carbocycles. The maximum atomic E-state index is 17.1. The number of carbonyl (C=O) groups is 4. The van der Waals surface area contributed by atoms with Crippen molar-refractivity contribution in [3.8, 4) is 0 Å². The number of esters is 1. The average Bonchev–Trinajstić information content (AvgIpc) is 2.97. The summed E-state index contributed by atoms with van der Waals surface area (Å²) in [5.74, 6) is -2.49. The fraction of sp³-hybridized carbons (Fsp3) is 0.600. The molecule has 4 rings (SSSR count). The van der Waals surface area contributed by atoms with Gasteiger partial charge in [-0.15, -0.1) is 0 Å². The van der Waals surface area contributed by atoms with Crippen LogP contribution < -0.4 is 0 Å². The van der Waals surface area contributed by atoms with Gasteiger partial charge in [-0.1, -0.05) is 0 Å². The molecule has 0 N–H and O–H groups in total. The van der Waals surface area contributed by atoms with Crippen LogP contribution in [0.25, 0.3) is 0 Å².